The Balaban J connectivity index is 1.92. The van der Waals surface area contributed by atoms with Gasteiger partial charge in [0.2, 0.25) is 0 Å². The van der Waals surface area contributed by atoms with Gasteiger partial charge in [0.15, 0.2) is 0 Å². The summed E-state index contributed by atoms with van der Waals surface area (Å²) in [7, 11) is 0. The topological polar surface area (TPSA) is 49.3 Å². The predicted octanol–water partition coefficient (Wildman–Crippen LogP) is 3.38. The Morgan fingerprint density at radius 3 is 2.48 bits per heavy atom. The zero-order valence-electron chi connectivity index (χ0n) is 13.2. The minimum Gasteiger partial charge on any atom is -0.389 e. The first-order chi connectivity index (χ1) is 10.8. The summed E-state index contributed by atoms with van der Waals surface area (Å²) in [6.07, 6.45) is 3.32. The number of allylic oxidation sites excluding steroid dienone is 1. The molecule has 1 aliphatic heterocycles. The van der Waals surface area contributed by atoms with Crippen LogP contribution in [-0.2, 0) is 4.79 Å². The molecule has 5 heteroatoms. The summed E-state index contributed by atoms with van der Waals surface area (Å²) in [6, 6.07) is 9.99. The van der Waals surface area contributed by atoms with E-state index >= 15 is 0 Å². The lowest BCUT2D eigenvalue weighted by Crippen LogP contribution is -2.30. The number of hydrogen-bond acceptors (Lipinski definition) is 2. The van der Waals surface area contributed by atoms with Gasteiger partial charge in [-0.25, -0.2) is 0 Å². The third kappa shape index (κ3) is 4.48. The summed E-state index contributed by atoms with van der Waals surface area (Å²) in [5.41, 5.74) is 1.21. The third-order valence-corrected chi connectivity index (χ3v) is 4.05. The summed E-state index contributed by atoms with van der Waals surface area (Å²) < 4.78 is 26.1. The minimum atomic E-state index is -3.47. The maximum atomic E-state index is 13.0. The zero-order chi connectivity index (χ0) is 17.0. The van der Waals surface area contributed by atoms with Crippen LogP contribution in [0.3, 0.4) is 0 Å². The van der Waals surface area contributed by atoms with E-state index in [1.54, 1.807) is 0 Å². The Hall–Kier alpha value is -2.01. The normalized spacial score (nSPS) is 20.9. The van der Waals surface area contributed by atoms with Crippen molar-refractivity contribution in [2.45, 2.75) is 38.2 Å². The number of carbonyl (C=O) groups excluding carboxylic acids is 1. The van der Waals surface area contributed by atoms with Gasteiger partial charge in [-0.1, -0.05) is 50.3 Å². The molecular weight excluding hydrogens is 300 g/mol. The molecule has 3 atom stereocenters. The standard InChI is InChI=1S/C18H21F2NO2/c1-12(14-6-4-3-5-7-14)10-13(2)16(22)9-8-15-11-18(19,20)17(23)21-15/h3-9,11-13,16,22H,10H2,1-2H3,(H,21,23)/b9-8+/t12-,13+,16-/m1/s1. The Kier molecular flexibility index (Phi) is 5.31. The molecule has 1 aromatic carbocycles. The highest BCUT2D eigenvalue weighted by molar-refractivity contribution is 5.90. The van der Waals surface area contributed by atoms with Crippen molar-refractivity contribution in [3.05, 3.63) is 59.8 Å². The third-order valence-electron chi connectivity index (χ3n) is 4.05. The number of nitrogens with one attached hydrogen (secondary N) is 1. The lowest BCUT2D eigenvalue weighted by Gasteiger charge is -2.20. The van der Waals surface area contributed by atoms with Gasteiger partial charge >= 0.3 is 5.92 Å². The van der Waals surface area contributed by atoms with E-state index in [0.29, 0.717) is 6.08 Å². The van der Waals surface area contributed by atoms with Crippen LogP contribution in [0, 0.1) is 5.92 Å². The fraction of sp³-hybridized carbons (Fsp3) is 0.389. The highest BCUT2D eigenvalue weighted by atomic mass is 19.3. The summed E-state index contributed by atoms with van der Waals surface area (Å²) in [5.74, 6) is -4.57. The lowest BCUT2D eigenvalue weighted by molar-refractivity contribution is -0.136. The zero-order valence-corrected chi connectivity index (χ0v) is 13.2. The number of carbonyl (C=O) groups is 1. The average molecular weight is 321 g/mol. The van der Waals surface area contributed by atoms with E-state index in [1.165, 1.54) is 17.7 Å². The number of rotatable bonds is 6. The molecule has 0 saturated heterocycles. The van der Waals surface area contributed by atoms with Crippen LogP contribution >= 0.6 is 0 Å². The molecule has 0 aromatic heterocycles. The van der Waals surface area contributed by atoms with Crippen molar-refractivity contribution in [1.82, 2.24) is 5.32 Å². The molecule has 2 N–H and O–H groups in total. The van der Waals surface area contributed by atoms with Crippen molar-refractivity contribution in [3.8, 4) is 0 Å². The van der Waals surface area contributed by atoms with Crippen LogP contribution in [0.1, 0.15) is 31.7 Å². The Labute approximate surface area is 134 Å². The predicted molar refractivity (Wildman–Crippen MR) is 85.0 cm³/mol. The number of alkyl halides is 2. The molecule has 1 aliphatic rings. The van der Waals surface area contributed by atoms with Gasteiger partial charge in [0, 0.05) is 11.8 Å². The monoisotopic (exact) mass is 321 g/mol. The second-order valence-electron chi connectivity index (χ2n) is 6.05. The van der Waals surface area contributed by atoms with E-state index in [2.05, 4.69) is 12.2 Å². The summed E-state index contributed by atoms with van der Waals surface area (Å²) >= 11 is 0. The Morgan fingerprint density at radius 2 is 1.91 bits per heavy atom. The number of amides is 1. The van der Waals surface area contributed by atoms with Crippen LogP contribution in [0.25, 0.3) is 0 Å². The van der Waals surface area contributed by atoms with Crippen LogP contribution in [0.2, 0.25) is 0 Å². The van der Waals surface area contributed by atoms with Crippen molar-refractivity contribution in [1.29, 1.82) is 0 Å². The number of halogens is 2. The van der Waals surface area contributed by atoms with Crippen molar-refractivity contribution in [2.24, 2.45) is 5.92 Å². The van der Waals surface area contributed by atoms with Crippen molar-refractivity contribution in [3.63, 3.8) is 0 Å². The largest absolute Gasteiger partial charge is 0.389 e. The smallest absolute Gasteiger partial charge is 0.345 e. The number of aliphatic hydroxyl groups is 1. The van der Waals surface area contributed by atoms with E-state index in [-0.39, 0.29) is 17.5 Å². The number of aliphatic hydroxyl groups excluding tert-OH is 1. The van der Waals surface area contributed by atoms with Gasteiger partial charge in [-0.2, -0.15) is 8.78 Å². The molecule has 0 bridgehead atoms. The molecule has 23 heavy (non-hydrogen) atoms. The van der Waals surface area contributed by atoms with E-state index in [0.717, 1.165) is 6.42 Å². The van der Waals surface area contributed by atoms with Crippen LogP contribution in [0.5, 0.6) is 0 Å². The molecule has 124 valence electrons. The molecule has 1 aromatic rings. The number of benzene rings is 1. The summed E-state index contributed by atoms with van der Waals surface area (Å²) in [5, 5.41) is 12.2. The molecule has 2 rings (SSSR count). The van der Waals surface area contributed by atoms with Crippen LogP contribution in [0.15, 0.2) is 54.3 Å². The highest BCUT2D eigenvalue weighted by Crippen LogP contribution is 2.26. The minimum absolute atomic E-state index is 0.0161. The first-order valence-corrected chi connectivity index (χ1v) is 7.63. The van der Waals surface area contributed by atoms with Gasteiger partial charge in [-0.05, 0) is 29.9 Å². The van der Waals surface area contributed by atoms with Gasteiger partial charge in [-0.15, -0.1) is 0 Å². The van der Waals surface area contributed by atoms with Crippen LogP contribution in [-0.4, -0.2) is 23.0 Å². The lowest BCUT2D eigenvalue weighted by atomic mass is 9.88. The molecule has 0 saturated carbocycles. The fourth-order valence-corrected chi connectivity index (χ4v) is 2.61. The molecule has 1 amide bonds. The quantitative estimate of drug-likeness (QED) is 0.844. The molecule has 0 unspecified atom stereocenters. The second-order valence-corrected chi connectivity index (χ2v) is 6.05. The van der Waals surface area contributed by atoms with Crippen molar-refractivity contribution < 1.29 is 18.7 Å². The summed E-state index contributed by atoms with van der Waals surface area (Å²) in [6.45, 7) is 3.99. The van der Waals surface area contributed by atoms with Crippen molar-refractivity contribution in [2.75, 3.05) is 0 Å². The molecule has 0 spiro atoms. The molecule has 1 heterocycles. The van der Waals surface area contributed by atoms with E-state index < -0.39 is 17.9 Å². The van der Waals surface area contributed by atoms with Gasteiger partial charge in [0.25, 0.3) is 5.91 Å². The number of hydrogen-bond donors (Lipinski definition) is 2. The SMILES string of the molecule is C[C@H](C[C@H](C)[C@H](O)/C=C/C1=CC(F)(F)C(=O)N1)c1ccccc1. The van der Waals surface area contributed by atoms with Gasteiger partial charge in [0.1, 0.15) is 0 Å². The Bertz CT molecular complexity index is 611. The first-order valence-electron chi connectivity index (χ1n) is 7.63. The molecule has 0 fully saturated rings. The fourth-order valence-electron chi connectivity index (χ4n) is 2.61. The van der Waals surface area contributed by atoms with Crippen LogP contribution < -0.4 is 5.32 Å². The maximum absolute atomic E-state index is 13.0. The second kappa shape index (κ2) is 7.04. The first kappa shape index (κ1) is 17.3. The van der Waals surface area contributed by atoms with E-state index in [4.69, 9.17) is 0 Å². The van der Waals surface area contributed by atoms with E-state index in [9.17, 15) is 18.7 Å². The van der Waals surface area contributed by atoms with Crippen LogP contribution in [0.4, 0.5) is 8.78 Å². The molecule has 0 aliphatic carbocycles. The van der Waals surface area contributed by atoms with Gasteiger partial charge < -0.3 is 10.4 Å². The van der Waals surface area contributed by atoms with Crippen molar-refractivity contribution >= 4 is 5.91 Å². The summed E-state index contributed by atoms with van der Waals surface area (Å²) in [4.78, 5) is 11.0. The van der Waals surface area contributed by atoms with E-state index in [1.807, 2.05) is 37.3 Å². The highest BCUT2D eigenvalue weighted by Gasteiger charge is 2.41. The van der Waals surface area contributed by atoms with Gasteiger partial charge in [0.05, 0.1) is 6.10 Å². The molecular formula is C18H21F2NO2. The maximum Gasteiger partial charge on any atom is 0.345 e. The Morgan fingerprint density at radius 1 is 1.26 bits per heavy atom. The average Bonchev–Trinajstić information content (AvgIpc) is 2.78. The van der Waals surface area contributed by atoms with Gasteiger partial charge in [-0.3, -0.25) is 4.79 Å². The molecule has 0 radical (unpaired) electrons. The molecule has 3 nitrogen and oxygen atoms in total.